The van der Waals surface area contributed by atoms with Gasteiger partial charge in [-0.1, -0.05) is 51.1 Å². The molecule has 0 radical (unpaired) electrons. The molecule has 0 atom stereocenters. The molecule has 0 aliphatic carbocycles. The van der Waals surface area contributed by atoms with E-state index < -0.39 is 5.97 Å². The molecular formula is C16H21N3O2. The summed E-state index contributed by atoms with van der Waals surface area (Å²) in [5, 5.41) is 4.48. The third-order valence-electron chi connectivity index (χ3n) is 2.98. The molecule has 21 heavy (non-hydrogen) atoms. The molecule has 0 unspecified atom stereocenters. The highest BCUT2D eigenvalue weighted by molar-refractivity contribution is 5.85. The van der Waals surface area contributed by atoms with E-state index >= 15 is 0 Å². The Hall–Kier alpha value is -2.17. The average Bonchev–Trinajstić information content (AvgIpc) is 2.84. The first-order valence-electron chi connectivity index (χ1n) is 7.08. The third kappa shape index (κ3) is 3.68. The highest BCUT2D eigenvalue weighted by Gasteiger charge is 2.25. The number of aromatic nitrogens is 3. The molecule has 0 aliphatic rings. The maximum Gasteiger partial charge on any atom is 0.376 e. The van der Waals surface area contributed by atoms with Crippen molar-refractivity contribution >= 4 is 5.97 Å². The molecule has 0 bridgehead atoms. The molecule has 0 fully saturated rings. The van der Waals surface area contributed by atoms with Crippen LogP contribution < -0.4 is 0 Å². The van der Waals surface area contributed by atoms with Crippen LogP contribution in [-0.2, 0) is 16.7 Å². The minimum Gasteiger partial charge on any atom is -0.460 e. The Morgan fingerprint density at radius 3 is 2.48 bits per heavy atom. The summed E-state index contributed by atoms with van der Waals surface area (Å²) in [6.07, 6.45) is 0. The predicted octanol–water partition coefficient (Wildman–Crippen LogP) is 2.80. The summed E-state index contributed by atoms with van der Waals surface area (Å²) in [5.41, 5.74) is 0.844. The van der Waals surface area contributed by atoms with Crippen LogP contribution in [0.2, 0.25) is 0 Å². The van der Waals surface area contributed by atoms with Gasteiger partial charge < -0.3 is 4.74 Å². The van der Waals surface area contributed by atoms with E-state index in [9.17, 15) is 4.79 Å². The van der Waals surface area contributed by atoms with E-state index in [1.165, 1.54) is 0 Å². The predicted molar refractivity (Wildman–Crippen MR) is 80.2 cm³/mol. The van der Waals surface area contributed by atoms with Gasteiger partial charge >= 0.3 is 5.97 Å². The van der Waals surface area contributed by atoms with E-state index in [2.05, 4.69) is 10.1 Å². The summed E-state index contributed by atoms with van der Waals surface area (Å²) in [6.45, 7) is 8.65. The maximum absolute atomic E-state index is 12.1. The zero-order chi connectivity index (χ0) is 15.5. The fourth-order valence-electron chi connectivity index (χ4n) is 1.87. The Morgan fingerprint density at radius 2 is 1.90 bits per heavy atom. The van der Waals surface area contributed by atoms with Crippen molar-refractivity contribution in [3.8, 4) is 0 Å². The topological polar surface area (TPSA) is 57.0 Å². The summed E-state index contributed by atoms with van der Waals surface area (Å²) in [7, 11) is 0. The number of hydrogen-bond acceptors (Lipinski definition) is 4. The van der Waals surface area contributed by atoms with Gasteiger partial charge in [0.05, 0.1) is 13.2 Å². The summed E-state index contributed by atoms with van der Waals surface area (Å²) in [5.74, 6) is 0.462. The van der Waals surface area contributed by atoms with Gasteiger partial charge in [-0.2, -0.15) is 5.10 Å². The van der Waals surface area contributed by atoms with Crippen molar-refractivity contribution in [1.29, 1.82) is 0 Å². The maximum atomic E-state index is 12.1. The summed E-state index contributed by atoms with van der Waals surface area (Å²) >= 11 is 0. The van der Waals surface area contributed by atoms with Gasteiger partial charge in [-0.15, -0.1) is 0 Å². The van der Waals surface area contributed by atoms with Crippen LogP contribution in [0.1, 0.15) is 49.7 Å². The summed E-state index contributed by atoms with van der Waals surface area (Å²) in [4.78, 5) is 16.4. The standard InChI is InChI=1S/C16H21N3O2/c1-5-21-14(20)13-17-15(16(2,3)4)18-19(13)11-12-9-7-6-8-10-12/h6-10H,5,11H2,1-4H3. The molecule has 1 aromatic carbocycles. The number of carbonyl (C=O) groups excluding carboxylic acids is 1. The fourth-order valence-corrected chi connectivity index (χ4v) is 1.87. The van der Waals surface area contributed by atoms with Crippen molar-refractivity contribution in [3.63, 3.8) is 0 Å². The van der Waals surface area contributed by atoms with E-state index in [4.69, 9.17) is 4.74 Å². The number of carbonyl (C=O) groups is 1. The minimum atomic E-state index is -0.434. The van der Waals surface area contributed by atoms with Gasteiger partial charge in [0.15, 0.2) is 5.82 Å². The molecule has 1 aromatic heterocycles. The van der Waals surface area contributed by atoms with Crippen molar-refractivity contribution in [2.24, 2.45) is 0 Å². The molecule has 0 spiro atoms. The zero-order valence-corrected chi connectivity index (χ0v) is 13.0. The summed E-state index contributed by atoms with van der Waals surface area (Å²) in [6, 6.07) is 9.86. The average molecular weight is 287 g/mol. The van der Waals surface area contributed by atoms with Crippen molar-refractivity contribution in [3.05, 3.63) is 47.5 Å². The van der Waals surface area contributed by atoms with Crippen molar-refractivity contribution in [2.45, 2.75) is 39.7 Å². The lowest BCUT2D eigenvalue weighted by atomic mass is 9.96. The van der Waals surface area contributed by atoms with Crippen LogP contribution in [0.5, 0.6) is 0 Å². The first-order valence-corrected chi connectivity index (χ1v) is 7.08. The van der Waals surface area contributed by atoms with E-state index in [1.807, 2.05) is 51.1 Å². The minimum absolute atomic E-state index is 0.219. The van der Waals surface area contributed by atoms with Crippen LogP contribution in [0.25, 0.3) is 0 Å². The number of nitrogens with zero attached hydrogens (tertiary/aromatic N) is 3. The monoisotopic (exact) mass is 287 g/mol. The lowest BCUT2D eigenvalue weighted by Crippen LogP contribution is -2.15. The second-order valence-corrected chi connectivity index (χ2v) is 5.87. The Labute approximate surface area is 125 Å². The fraction of sp³-hybridized carbons (Fsp3) is 0.438. The van der Waals surface area contributed by atoms with E-state index in [-0.39, 0.29) is 11.2 Å². The number of benzene rings is 1. The van der Waals surface area contributed by atoms with Gasteiger partial charge in [-0.25, -0.2) is 14.5 Å². The second kappa shape index (κ2) is 6.08. The molecule has 2 rings (SSSR count). The van der Waals surface area contributed by atoms with Crippen molar-refractivity contribution < 1.29 is 9.53 Å². The molecule has 112 valence electrons. The van der Waals surface area contributed by atoms with Gasteiger partial charge in [0.25, 0.3) is 0 Å². The zero-order valence-electron chi connectivity index (χ0n) is 13.0. The Balaban J connectivity index is 2.37. The lowest BCUT2D eigenvalue weighted by molar-refractivity contribution is 0.0505. The Bertz CT molecular complexity index is 612. The third-order valence-corrected chi connectivity index (χ3v) is 2.98. The Kier molecular flexibility index (Phi) is 4.40. The van der Waals surface area contributed by atoms with Crippen LogP contribution in [0, 0.1) is 0 Å². The van der Waals surface area contributed by atoms with Gasteiger partial charge in [0.2, 0.25) is 5.82 Å². The van der Waals surface area contributed by atoms with Crippen LogP contribution in [0.3, 0.4) is 0 Å². The molecule has 2 aromatic rings. The molecule has 0 saturated carbocycles. The second-order valence-electron chi connectivity index (χ2n) is 5.87. The quantitative estimate of drug-likeness (QED) is 0.811. The largest absolute Gasteiger partial charge is 0.460 e. The molecule has 0 aliphatic heterocycles. The van der Waals surface area contributed by atoms with Crippen LogP contribution in [0.15, 0.2) is 30.3 Å². The van der Waals surface area contributed by atoms with Crippen LogP contribution in [0.4, 0.5) is 0 Å². The molecule has 1 heterocycles. The molecule has 5 heteroatoms. The number of esters is 1. The first-order chi connectivity index (χ1) is 9.91. The van der Waals surface area contributed by atoms with Crippen molar-refractivity contribution in [2.75, 3.05) is 6.61 Å². The SMILES string of the molecule is CCOC(=O)c1nc(C(C)(C)C)nn1Cc1ccccc1. The van der Waals surface area contributed by atoms with Crippen molar-refractivity contribution in [1.82, 2.24) is 14.8 Å². The molecule has 0 N–H and O–H groups in total. The molecule has 5 nitrogen and oxygen atoms in total. The summed E-state index contributed by atoms with van der Waals surface area (Å²) < 4.78 is 6.69. The van der Waals surface area contributed by atoms with Crippen LogP contribution >= 0.6 is 0 Å². The first kappa shape index (κ1) is 15.2. The highest BCUT2D eigenvalue weighted by atomic mass is 16.5. The lowest BCUT2D eigenvalue weighted by Gasteiger charge is -2.12. The highest BCUT2D eigenvalue weighted by Crippen LogP contribution is 2.19. The van der Waals surface area contributed by atoms with E-state index in [1.54, 1.807) is 11.6 Å². The van der Waals surface area contributed by atoms with Gasteiger partial charge in [-0.3, -0.25) is 0 Å². The number of rotatable bonds is 4. The smallest absolute Gasteiger partial charge is 0.376 e. The molecule has 0 saturated heterocycles. The van der Waals surface area contributed by atoms with E-state index in [0.29, 0.717) is 19.0 Å². The van der Waals surface area contributed by atoms with Gasteiger partial charge in [-0.05, 0) is 12.5 Å². The normalized spacial score (nSPS) is 11.4. The molecular weight excluding hydrogens is 266 g/mol. The number of ether oxygens (including phenoxy) is 1. The molecule has 0 amide bonds. The van der Waals surface area contributed by atoms with Crippen LogP contribution in [-0.4, -0.2) is 27.3 Å². The number of hydrogen-bond donors (Lipinski definition) is 0. The Morgan fingerprint density at radius 1 is 1.24 bits per heavy atom. The van der Waals surface area contributed by atoms with Gasteiger partial charge in [0.1, 0.15) is 0 Å². The van der Waals surface area contributed by atoms with Gasteiger partial charge in [0, 0.05) is 5.41 Å². The van der Waals surface area contributed by atoms with E-state index in [0.717, 1.165) is 5.56 Å².